The molecule has 0 bridgehead atoms. The lowest BCUT2D eigenvalue weighted by Gasteiger charge is -2.31. The molecule has 1 aromatic carbocycles. The number of hydrogen-bond acceptors (Lipinski definition) is 5. The molecule has 1 aliphatic heterocycles. The molecule has 3 amide bonds. The lowest BCUT2D eigenvalue weighted by Crippen LogP contribution is -2.43. The van der Waals surface area contributed by atoms with Crippen molar-refractivity contribution in [2.45, 2.75) is 50.0 Å². The number of fused-ring (bicyclic) bond motifs is 1. The van der Waals surface area contributed by atoms with Crippen LogP contribution in [0.1, 0.15) is 46.1 Å². The summed E-state index contributed by atoms with van der Waals surface area (Å²) in [6.45, 7) is 0.204. The number of ether oxygens (including phenoxy) is 1. The summed E-state index contributed by atoms with van der Waals surface area (Å²) in [5.41, 5.74) is -0.211. The maximum Gasteiger partial charge on any atom is 0.315 e. The molecule has 2 fully saturated rings. The highest BCUT2D eigenvalue weighted by Crippen LogP contribution is 2.27. The Morgan fingerprint density at radius 3 is 2.73 bits per heavy atom. The van der Waals surface area contributed by atoms with Crippen LogP contribution in [0, 0.1) is 11.6 Å². The zero-order chi connectivity index (χ0) is 25.9. The molecule has 3 unspecified atom stereocenters. The molecule has 0 radical (unpaired) electrons. The molecule has 4 atom stereocenters. The van der Waals surface area contributed by atoms with Gasteiger partial charge < -0.3 is 25.3 Å². The molecular weight excluding hydrogens is 502 g/mol. The Bertz CT molecular complexity index is 1350. The van der Waals surface area contributed by atoms with Gasteiger partial charge in [0.05, 0.1) is 37.4 Å². The normalized spacial score (nSPS) is 21.6. The van der Waals surface area contributed by atoms with E-state index in [2.05, 4.69) is 16.0 Å². The zero-order valence-electron chi connectivity index (χ0n) is 19.8. The Kier molecular flexibility index (Phi) is 7.33. The average molecular weight is 529 g/mol. The number of hydrogen-bond donors (Lipinski definition) is 3. The van der Waals surface area contributed by atoms with Gasteiger partial charge in [0.1, 0.15) is 5.56 Å². The van der Waals surface area contributed by atoms with Gasteiger partial charge in [-0.25, -0.2) is 13.6 Å². The summed E-state index contributed by atoms with van der Waals surface area (Å²) < 4.78 is 34.3. The smallest absolute Gasteiger partial charge is 0.315 e. The minimum absolute atomic E-state index is 0.0101. The highest BCUT2D eigenvalue weighted by atomic mass is 32.1. The number of amides is 3. The highest BCUT2D eigenvalue weighted by Gasteiger charge is 2.37. The van der Waals surface area contributed by atoms with Gasteiger partial charge in [-0.05, 0) is 60.5 Å². The van der Waals surface area contributed by atoms with Gasteiger partial charge in [-0.3, -0.25) is 9.59 Å². The number of nitrogens with zero attached hydrogens (tertiary/aromatic N) is 1. The van der Waals surface area contributed by atoms with E-state index in [1.807, 2.05) is 17.5 Å². The van der Waals surface area contributed by atoms with Crippen LogP contribution < -0.4 is 21.5 Å². The van der Waals surface area contributed by atoms with E-state index >= 15 is 0 Å². The van der Waals surface area contributed by atoms with E-state index in [4.69, 9.17) is 4.74 Å². The van der Waals surface area contributed by atoms with Crippen molar-refractivity contribution in [3.8, 4) is 0 Å². The fourth-order valence-electron chi connectivity index (χ4n) is 4.82. The number of urea groups is 1. The van der Waals surface area contributed by atoms with Crippen molar-refractivity contribution in [1.29, 1.82) is 0 Å². The van der Waals surface area contributed by atoms with Gasteiger partial charge in [0.15, 0.2) is 11.6 Å². The van der Waals surface area contributed by atoms with E-state index in [0.717, 1.165) is 29.9 Å². The molecule has 5 rings (SSSR count). The number of carbonyl (C=O) groups is 2. The molecule has 1 aliphatic carbocycles. The van der Waals surface area contributed by atoms with Crippen LogP contribution in [0.2, 0.25) is 0 Å². The Morgan fingerprint density at radius 2 is 1.95 bits per heavy atom. The van der Waals surface area contributed by atoms with E-state index in [-0.39, 0.29) is 42.9 Å². The van der Waals surface area contributed by atoms with Gasteiger partial charge in [0.2, 0.25) is 0 Å². The molecule has 1 saturated heterocycles. The predicted octanol–water partition coefficient (Wildman–Crippen LogP) is 3.33. The Morgan fingerprint density at radius 1 is 1.11 bits per heavy atom. The van der Waals surface area contributed by atoms with Gasteiger partial charge in [-0.2, -0.15) is 0 Å². The third-order valence-electron chi connectivity index (χ3n) is 6.73. The number of halogens is 2. The topological polar surface area (TPSA) is 101 Å². The molecule has 0 spiro atoms. The summed E-state index contributed by atoms with van der Waals surface area (Å²) >= 11 is 1.47. The van der Waals surface area contributed by atoms with Crippen LogP contribution in [0.25, 0.3) is 0 Å². The van der Waals surface area contributed by atoms with Crippen molar-refractivity contribution in [3.63, 3.8) is 0 Å². The van der Waals surface area contributed by atoms with Crippen molar-refractivity contribution in [1.82, 2.24) is 20.5 Å². The summed E-state index contributed by atoms with van der Waals surface area (Å²) in [6.07, 6.45) is 3.72. The largest absolute Gasteiger partial charge is 0.376 e. The van der Waals surface area contributed by atoms with E-state index in [1.165, 1.54) is 34.2 Å². The maximum absolute atomic E-state index is 13.6. The van der Waals surface area contributed by atoms with Crippen molar-refractivity contribution < 1.29 is 23.1 Å². The number of thiophene rings is 1. The second-order valence-corrected chi connectivity index (χ2v) is 10.2. The first kappa shape index (κ1) is 25.1. The number of benzene rings is 1. The van der Waals surface area contributed by atoms with Gasteiger partial charge in [0, 0.05) is 11.1 Å². The molecular formula is C26H26F2N4O4S. The summed E-state index contributed by atoms with van der Waals surface area (Å²) in [4.78, 5) is 38.7. The fraction of sp³-hybridized carbons (Fsp3) is 0.346. The van der Waals surface area contributed by atoms with Crippen molar-refractivity contribution in [2.24, 2.45) is 0 Å². The summed E-state index contributed by atoms with van der Waals surface area (Å²) in [6, 6.07) is 9.70. The molecule has 194 valence electrons. The van der Waals surface area contributed by atoms with Crippen LogP contribution in [-0.4, -0.2) is 41.3 Å². The molecule has 37 heavy (non-hydrogen) atoms. The number of carbonyl (C=O) groups excluding carboxylic acids is 2. The summed E-state index contributed by atoms with van der Waals surface area (Å²) in [5, 5.41) is 10.6. The summed E-state index contributed by atoms with van der Waals surface area (Å²) in [7, 11) is 0. The SMILES string of the molecule is O=C1NC2CCC(OC[C@H](NC(=O)c3cccn(Cc4ccc(F)c(F)c4)c3=O)c3cccs3)CC2N1. The van der Waals surface area contributed by atoms with Crippen molar-refractivity contribution in [2.75, 3.05) is 6.61 Å². The number of pyridine rings is 1. The average Bonchev–Trinajstić information content (AvgIpc) is 3.54. The first-order chi connectivity index (χ1) is 17.9. The van der Waals surface area contributed by atoms with E-state index < -0.39 is 29.1 Å². The van der Waals surface area contributed by atoms with E-state index in [1.54, 1.807) is 6.07 Å². The first-order valence-corrected chi connectivity index (χ1v) is 12.9. The lowest BCUT2D eigenvalue weighted by molar-refractivity contribution is 0.00742. The lowest BCUT2D eigenvalue weighted by atomic mass is 9.89. The monoisotopic (exact) mass is 528 g/mol. The molecule has 3 N–H and O–H groups in total. The molecule has 1 saturated carbocycles. The quantitative estimate of drug-likeness (QED) is 0.418. The minimum atomic E-state index is -1.00. The molecule has 3 heterocycles. The van der Waals surface area contributed by atoms with Gasteiger partial charge in [-0.15, -0.1) is 11.3 Å². The number of rotatable bonds is 8. The molecule has 3 aromatic rings. The standard InChI is InChI=1S/C26H26F2N4O4S/c27-18-7-5-15(11-19(18)28)13-32-9-1-3-17(25(32)34)24(33)29-22(23-4-2-10-37-23)14-36-16-6-8-20-21(12-16)31-26(35)30-20/h1-5,7,9-11,16,20-22H,6,8,12-14H2,(H,29,33)(H2,30,31,35)/t16?,20?,21?,22-/m0/s1. The van der Waals surface area contributed by atoms with Gasteiger partial charge >= 0.3 is 6.03 Å². The van der Waals surface area contributed by atoms with Crippen LogP contribution >= 0.6 is 11.3 Å². The van der Waals surface area contributed by atoms with E-state index in [0.29, 0.717) is 12.0 Å². The second-order valence-electron chi connectivity index (χ2n) is 9.24. The van der Waals surface area contributed by atoms with Crippen LogP contribution in [0.3, 0.4) is 0 Å². The van der Waals surface area contributed by atoms with Crippen LogP contribution in [0.15, 0.2) is 58.8 Å². The maximum atomic E-state index is 13.6. The van der Waals surface area contributed by atoms with Crippen molar-refractivity contribution in [3.05, 3.63) is 92.0 Å². The Balaban J connectivity index is 1.27. The third kappa shape index (κ3) is 5.72. The van der Waals surface area contributed by atoms with Crippen molar-refractivity contribution >= 4 is 23.3 Å². The minimum Gasteiger partial charge on any atom is -0.376 e. The number of aromatic nitrogens is 1. The summed E-state index contributed by atoms with van der Waals surface area (Å²) in [5.74, 6) is -2.52. The first-order valence-electron chi connectivity index (χ1n) is 12.0. The Labute approximate surface area is 215 Å². The molecule has 11 heteroatoms. The molecule has 2 aromatic heterocycles. The third-order valence-corrected chi connectivity index (χ3v) is 7.71. The predicted molar refractivity (Wildman–Crippen MR) is 134 cm³/mol. The second kappa shape index (κ2) is 10.8. The van der Waals surface area contributed by atoms with Crippen LogP contribution in [0.5, 0.6) is 0 Å². The van der Waals surface area contributed by atoms with Gasteiger partial charge in [-0.1, -0.05) is 12.1 Å². The molecule has 8 nitrogen and oxygen atoms in total. The molecule has 2 aliphatic rings. The Hall–Kier alpha value is -3.57. The highest BCUT2D eigenvalue weighted by molar-refractivity contribution is 7.10. The zero-order valence-corrected chi connectivity index (χ0v) is 20.6. The fourth-order valence-corrected chi connectivity index (χ4v) is 5.58. The van der Waals surface area contributed by atoms with Crippen LogP contribution in [-0.2, 0) is 11.3 Å². The van der Waals surface area contributed by atoms with Crippen LogP contribution in [0.4, 0.5) is 13.6 Å². The van der Waals surface area contributed by atoms with Gasteiger partial charge in [0.25, 0.3) is 11.5 Å². The number of nitrogens with one attached hydrogen (secondary N) is 3. The van der Waals surface area contributed by atoms with E-state index in [9.17, 15) is 23.2 Å².